The standard InChI is InChI=1S/C21H28BFN2O2/c1-16(19(23)22-26-20(2,3)21(4,5)27-22)18-14-24-25(15-18)13-9-12-17-10-7-6-8-11-17/h6-8,10-11,14-15H,9,12-13H2,1-5H3. The van der Waals surface area contributed by atoms with Crippen LogP contribution in [0.4, 0.5) is 4.39 Å². The van der Waals surface area contributed by atoms with Gasteiger partial charge in [-0.3, -0.25) is 4.68 Å². The maximum atomic E-state index is 14.9. The molecule has 0 amide bonds. The van der Waals surface area contributed by atoms with Crippen LogP contribution in [0.1, 0.15) is 52.2 Å². The molecule has 0 aliphatic carbocycles. The van der Waals surface area contributed by atoms with E-state index in [1.807, 2.05) is 56.8 Å². The Morgan fingerprint density at radius 1 is 1.11 bits per heavy atom. The van der Waals surface area contributed by atoms with Crippen molar-refractivity contribution in [2.24, 2.45) is 0 Å². The lowest BCUT2D eigenvalue weighted by Gasteiger charge is -2.32. The smallest absolute Gasteiger partial charge is 0.398 e. The summed E-state index contributed by atoms with van der Waals surface area (Å²) in [5, 5.41) is 4.37. The van der Waals surface area contributed by atoms with E-state index in [0.29, 0.717) is 5.57 Å². The van der Waals surface area contributed by atoms with E-state index in [0.717, 1.165) is 24.9 Å². The largest absolute Gasteiger partial charge is 0.525 e. The zero-order valence-electron chi connectivity index (χ0n) is 16.8. The Balaban J connectivity index is 1.64. The Kier molecular flexibility index (Phi) is 5.59. The Labute approximate surface area is 161 Å². The molecule has 0 N–H and O–H groups in total. The van der Waals surface area contributed by atoms with E-state index in [9.17, 15) is 4.39 Å². The van der Waals surface area contributed by atoms with Crippen molar-refractivity contribution in [3.8, 4) is 0 Å². The van der Waals surface area contributed by atoms with Gasteiger partial charge in [-0.15, -0.1) is 0 Å². The van der Waals surface area contributed by atoms with E-state index >= 15 is 0 Å². The number of halogens is 1. The van der Waals surface area contributed by atoms with E-state index in [2.05, 4.69) is 17.2 Å². The van der Waals surface area contributed by atoms with E-state index in [-0.39, 0.29) is 0 Å². The highest BCUT2D eigenvalue weighted by molar-refractivity contribution is 6.55. The molecule has 0 saturated carbocycles. The molecule has 4 nitrogen and oxygen atoms in total. The predicted octanol–water partition coefficient (Wildman–Crippen LogP) is 4.85. The Hall–Kier alpha value is -1.92. The number of hydrogen-bond acceptors (Lipinski definition) is 3. The van der Waals surface area contributed by atoms with Crippen LogP contribution in [0.2, 0.25) is 0 Å². The summed E-state index contributed by atoms with van der Waals surface area (Å²) >= 11 is 0. The van der Waals surface area contributed by atoms with E-state index < -0.39 is 24.0 Å². The molecular weight excluding hydrogens is 342 g/mol. The van der Waals surface area contributed by atoms with Gasteiger partial charge < -0.3 is 9.31 Å². The van der Waals surface area contributed by atoms with Crippen molar-refractivity contribution in [1.29, 1.82) is 0 Å². The molecule has 2 aromatic rings. The molecule has 1 aromatic carbocycles. The summed E-state index contributed by atoms with van der Waals surface area (Å²) in [7, 11) is -0.976. The molecule has 27 heavy (non-hydrogen) atoms. The topological polar surface area (TPSA) is 36.3 Å². The number of benzene rings is 1. The number of hydrogen-bond donors (Lipinski definition) is 0. The summed E-state index contributed by atoms with van der Waals surface area (Å²) < 4.78 is 28.4. The highest BCUT2D eigenvalue weighted by Gasteiger charge is 2.53. The highest BCUT2D eigenvalue weighted by Crippen LogP contribution is 2.40. The maximum Gasteiger partial charge on any atom is 0.525 e. The molecule has 1 aliphatic rings. The van der Waals surface area contributed by atoms with Gasteiger partial charge in [-0.25, -0.2) is 4.39 Å². The first kappa shape index (κ1) is 19.8. The van der Waals surface area contributed by atoms with Crippen LogP contribution >= 0.6 is 0 Å². The first-order valence-corrected chi connectivity index (χ1v) is 9.48. The summed E-state index contributed by atoms with van der Waals surface area (Å²) in [6, 6.07) is 10.4. The van der Waals surface area contributed by atoms with Crippen molar-refractivity contribution in [1.82, 2.24) is 9.78 Å². The van der Waals surface area contributed by atoms with Gasteiger partial charge in [-0.05, 0) is 58.6 Å². The first-order chi connectivity index (χ1) is 12.7. The number of aryl methyl sites for hydroxylation is 2. The van der Waals surface area contributed by atoms with Crippen LogP contribution in [0.3, 0.4) is 0 Å². The van der Waals surface area contributed by atoms with E-state index in [4.69, 9.17) is 9.31 Å². The van der Waals surface area contributed by atoms with E-state index in [1.165, 1.54) is 5.56 Å². The van der Waals surface area contributed by atoms with Gasteiger partial charge in [0.2, 0.25) is 0 Å². The van der Waals surface area contributed by atoms with Crippen molar-refractivity contribution in [3.05, 3.63) is 59.6 Å². The van der Waals surface area contributed by atoms with Crippen LogP contribution in [-0.2, 0) is 22.3 Å². The molecule has 0 unspecified atom stereocenters. The predicted molar refractivity (Wildman–Crippen MR) is 107 cm³/mol. The molecule has 0 bridgehead atoms. The average Bonchev–Trinajstić information content (AvgIpc) is 3.17. The highest BCUT2D eigenvalue weighted by atomic mass is 19.1. The zero-order chi connectivity index (χ0) is 19.7. The minimum atomic E-state index is -0.976. The SMILES string of the molecule is CC(=C(F)B1OC(C)(C)C(C)(C)O1)c1cnn(CCCc2ccccc2)c1. The fraction of sp³-hybridized carbons (Fsp3) is 0.476. The first-order valence-electron chi connectivity index (χ1n) is 9.48. The summed E-state index contributed by atoms with van der Waals surface area (Å²) in [4.78, 5) is 0. The fourth-order valence-corrected chi connectivity index (χ4v) is 3.03. The Bertz CT molecular complexity index is 799. The summed E-state index contributed by atoms with van der Waals surface area (Å²) in [5.74, 6) is 0. The number of nitrogens with zero attached hydrogens (tertiary/aromatic N) is 2. The van der Waals surface area contributed by atoms with Crippen LogP contribution in [-0.4, -0.2) is 28.1 Å². The molecule has 0 atom stereocenters. The van der Waals surface area contributed by atoms with Gasteiger partial charge in [-0.2, -0.15) is 5.10 Å². The molecule has 2 heterocycles. The van der Waals surface area contributed by atoms with Crippen molar-refractivity contribution in [2.75, 3.05) is 0 Å². The average molecular weight is 370 g/mol. The second-order valence-electron chi connectivity index (χ2n) is 8.14. The lowest BCUT2D eigenvalue weighted by atomic mass is 9.84. The third-order valence-electron chi connectivity index (χ3n) is 5.58. The molecular formula is C21H28BFN2O2. The molecule has 1 saturated heterocycles. The number of rotatable bonds is 6. The molecule has 1 fully saturated rings. The quantitative estimate of drug-likeness (QED) is 0.682. The van der Waals surface area contributed by atoms with Gasteiger partial charge in [0.15, 0.2) is 0 Å². The Morgan fingerprint density at radius 2 is 1.74 bits per heavy atom. The summed E-state index contributed by atoms with van der Waals surface area (Å²) in [5.41, 5.74) is 1.06. The zero-order valence-corrected chi connectivity index (χ0v) is 16.8. The second-order valence-corrected chi connectivity index (χ2v) is 8.14. The molecule has 1 aromatic heterocycles. The van der Waals surface area contributed by atoms with Crippen molar-refractivity contribution in [2.45, 2.75) is 65.2 Å². The monoisotopic (exact) mass is 370 g/mol. The summed E-state index contributed by atoms with van der Waals surface area (Å²) in [6.07, 6.45) is 5.55. The van der Waals surface area contributed by atoms with Crippen LogP contribution in [0.5, 0.6) is 0 Å². The van der Waals surface area contributed by atoms with Crippen LogP contribution in [0.15, 0.2) is 48.5 Å². The molecule has 1 aliphatic heterocycles. The van der Waals surface area contributed by atoms with Crippen molar-refractivity contribution < 1.29 is 13.7 Å². The maximum absolute atomic E-state index is 14.9. The fourth-order valence-electron chi connectivity index (χ4n) is 3.03. The second kappa shape index (κ2) is 7.60. The van der Waals surface area contributed by atoms with Gasteiger partial charge in [0.25, 0.3) is 0 Å². The molecule has 144 valence electrons. The van der Waals surface area contributed by atoms with Crippen LogP contribution in [0, 0.1) is 0 Å². The van der Waals surface area contributed by atoms with Gasteiger partial charge in [0, 0.05) is 18.3 Å². The van der Waals surface area contributed by atoms with Gasteiger partial charge in [0.1, 0.15) is 5.73 Å². The van der Waals surface area contributed by atoms with Crippen LogP contribution < -0.4 is 0 Å². The third kappa shape index (κ3) is 4.33. The minimum absolute atomic E-state index is 0.391. The number of allylic oxidation sites excluding steroid dienone is 1. The molecule has 0 radical (unpaired) electrons. The Morgan fingerprint density at radius 3 is 2.37 bits per heavy atom. The third-order valence-corrected chi connectivity index (χ3v) is 5.58. The van der Waals surface area contributed by atoms with Gasteiger partial charge in [-0.1, -0.05) is 30.3 Å². The van der Waals surface area contributed by atoms with Crippen LogP contribution in [0.25, 0.3) is 5.57 Å². The van der Waals surface area contributed by atoms with Gasteiger partial charge >= 0.3 is 7.12 Å². The molecule has 3 rings (SSSR count). The molecule has 6 heteroatoms. The number of aromatic nitrogens is 2. The summed E-state index contributed by atoms with van der Waals surface area (Å²) in [6.45, 7) is 10.2. The molecule has 0 spiro atoms. The van der Waals surface area contributed by atoms with Crippen molar-refractivity contribution >= 4 is 12.7 Å². The lowest BCUT2D eigenvalue weighted by Crippen LogP contribution is -2.41. The van der Waals surface area contributed by atoms with Crippen molar-refractivity contribution in [3.63, 3.8) is 0 Å². The normalized spacial score (nSPS) is 19.3. The van der Waals surface area contributed by atoms with Gasteiger partial charge in [0.05, 0.1) is 17.4 Å². The van der Waals surface area contributed by atoms with E-state index in [1.54, 1.807) is 13.1 Å². The minimum Gasteiger partial charge on any atom is -0.398 e. The lowest BCUT2D eigenvalue weighted by molar-refractivity contribution is 0.00578.